The highest BCUT2D eigenvalue weighted by molar-refractivity contribution is 5.80. The Morgan fingerprint density at radius 2 is 1.92 bits per heavy atom. The summed E-state index contributed by atoms with van der Waals surface area (Å²) >= 11 is 0. The van der Waals surface area contributed by atoms with Crippen LogP contribution in [0.1, 0.15) is 18.9 Å². The minimum absolute atomic E-state index is 0.118. The molecule has 1 aliphatic rings. The lowest BCUT2D eigenvalue weighted by atomic mass is 10.1. The molecule has 0 unspecified atom stereocenters. The number of amides is 1. The van der Waals surface area contributed by atoms with Crippen molar-refractivity contribution in [3.63, 3.8) is 0 Å². The Labute approximate surface area is 143 Å². The van der Waals surface area contributed by atoms with Crippen LogP contribution in [0.4, 0.5) is 4.79 Å². The SMILES string of the molecule is O=C(O)N1CCC(n2ncc3c(Oc4ccccc4)ncnc32)CC1. The number of rotatable bonds is 3. The molecule has 1 aromatic carbocycles. The predicted octanol–water partition coefficient (Wildman–Crippen LogP) is 2.93. The summed E-state index contributed by atoms with van der Waals surface area (Å²) in [5.41, 5.74) is 0.703. The van der Waals surface area contributed by atoms with E-state index >= 15 is 0 Å². The van der Waals surface area contributed by atoms with Crippen LogP contribution >= 0.6 is 0 Å². The molecule has 128 valence electrons. The second kappa shape index (κ2) is 6.39. The van der Waals surface area contributed by atoms with E-state index in [4.69, 9.17) is 9.84 Å². The number of likely N-dealkylation sites (tertiary alicyclic amines) is 1. The van der Waals surface area contributed by atoms with Crippen LogP contribution in [0.25, 0.3) is 11.0 Å². The lowest BCUT2D eigenvalue weighted by molar-refractivity contribution is 0.124. The van der Waals surface area contributed by atoms with E-state index in [-0.39, 0.29) is 6.04 Å². The van der Waals surface area contributed by atoms with E-state index in [9.17, 15) is 4.79 Å². The minimum atomic E-state index is -0.871. The molecule has 3 aromatic rings. The number of carboxylic acid groups (broad SMARTS) is 1. The van der Waals surface area contributed by atoms with E-state index < -0.39 is 6.09 Å². The zero-order chi connectivity index (χ0) is 17.2. The average molecular weight is 339 g/mol. The van der Waals surface area contributed by atoms with Gasteiger partial charge in [0.15, 0.2) is 5.65 Å². The number of fused-ring (bicyclic) bond motifs is 1. The van der Waals surface area contributed by atoms with E-state index in [2.05, 4.69) is 15.1 Å². The summed E-state index contributed by atoms with van der Waals surface area (Å²) in [4.78, 5) is 21.1. The fourth-order valence-corrected chi connectivity index (χ4v) is 3.09. The van der Waals surface area contributed by atoms with E-state index in [1.165, 1.54) is 11.2 Å². The molecule has 1 saturated heterocycles. The molecule has 0 aliphatic carbocycles. The Balaban J connectivity index is 1.60. The highest BCUT2D eigenvalue weighted by Crippen LogP contribution is 2.30. The predicted molar refractivity (Wildman–Crippen MR) is 89.7 cm³/mol. The van der Waals surface area contributed by atoms with Crippen LogP contribution in [-0.2, 0) is 0 Å². The maximum absolute atomic E-state index is 11.0. The molecule has 2 aromatic heterocycles. The van der Waals surface area contributed by atoms with Crippen molar-refractivity contribution in [3.05, 3.63) is 42.9 Å². The Morgan fingerprint density at radius 3 is 2.64 bits per heavy atom. The van der Waals surface area contributed by atoms with Gasteiger partial charge in [-0.3, -0.25) is 0 Å². The highest BCUT2D eigenvalue weighted by Gasteiger charge is 2.25. The van der Waals surface area contributed by atoms with Gasteiger partial charge in [-0.05, 0) is 25.0 Å². The number of carbonyl (C=O) groups is 1. The molecule has 0 bridgehead atoms. The summed E-state index contributed by atoms with van der Waals surface area (Å²) < 4.78 is 7.71. The summed E-state index contributed by atoms with van der Waals surface area (Å²) in [6.45, 7) is 1.000. The number of aromatic nitrogens is 4. The van der Waals surface area contributed by atoms with Crippen LogP contribution in [0.3, 0.4) is 0 Å². The Hall–Kier alpha value is -3.16. The molecule has 1 fully saturated rings. The molecule has 1 amide bonds. The van der Waals surface area contributed by atoms with Gasteiger partial charge in [-0.15, -0.1) is 0 Å². The third kappa shape index (κ3) is 2.98. The third-order valence-corrected chi connectivity index (χ3v) is 4.39. The average Bonchev–Trinajstić information content (AvgIpc) is 3.08. The van der Waals surface area contributed by atoms with Crippen molar-refractivity contribution in [1.29, 1.82) is 0 Å². The number of hydrogen-bond acceptors (Lipinski definition) is 5. The van der Waals surface area contributed by atoms with E-state index in [0.29, 0.717) is 43.2 Å². The maximum Gasteiger partial charge on any atom is 0.407 e. The van der Waals surface area contributed by atoms with Crippen molar-refractivity contribution in [2.75, 3.05) is 13.1 Å². The first-order valence-electron chi connectivity index (χ1n) is 8.11. The molecule has 8 heteroatoms. The highest BCUT2D eigenvalue weighted by atomic mass is 16.5. The number of piperidine rings is 1. The van der Waals surface area contributed by atoms with Gasteiger partial charge < -0.3 is 14.7 Å². The third-order valence-electron chi connectivity index (χ3n) is 4.39. The molecule has 4 rings (SSSR count). The molecule has 0 spiro atoms. The molecular formula is C17H17N5O3. The van der Waals surface area contributed by atoms with Crippen molar-refractivity contribution < 1.29 is 14.6 Å². The van der Waals surface area contributed by atoms with Gasteiger partial charge in [-0.25, -0.2) is 19.4 Å². The van der Waals surface area contributed by atoms with Crippen LogP contribution in [0.15, 0.2) is 42.9 Å². The topological polar surface area (TPSA) is 93.4 Å². The fraction of sp³-hybridized carbons (Fsp3) is 0.294. The Bertz CT molecular complexity index is 888. The number of para-hydroxylation sites is 1. The van der Waals surface area contributed by atoms with Crippen molar-refractivity contribution in [2.45, 2.75) is 18.9 Å². The maximum atomic E-state index is 11.0. The molecule has 3 heterocycles. The second-order valence-corrected chi connectivity index (χ2v) is 5.92. The van der Waals surface area contributed by atoms with E-state index in [0.717, 1.165) is 5.39 Å². The number of ether oxygens (including phenoxy) is 1. The summed E-state index contributed by atoms with van der Waals surface area (Å²) in [7, 11) is 0. The summed E-state index contributed by atoms with van der Waals surface area (Å²) in [6.07, 6.45) is 3.72. The Morgan fingerprint density at radius 1 is 1.16 bits per heavy atom. The molecule has 0 radical (unpaired) electrons. The van der Waals surface area contributed by atoms with Gasteiger partial charge in [-0.1, -0.05) is 18.2 Å². The molecule has 25 heavy (non-hydrogen) atoms. The van der Waals surface area contributed by atoms with Crippen molar-refractivity contribution in [1.82, 2.24) is 24.6 Å². The quantitative estimate of drug-likeness (QED) is 0.788. The number of benzene rings is 1. The zero-order valence-electron chi connectivity index (χ0n) is 13.4. The van der Waals surface area contributed by atoms with Gasteiger partial charge in [0, 0.05) is 13.1 Å². The number of hydrogen-bond donors (Lipinski definition) is 1. The van der Waals surface area contributed by atoms with Gasteiger partial charge in [-0.2, -0.15) is 5.10 Å². The van der Waals surface area contributed by atoms with Gasteiger partial charge in [0.25, 0.3) is 0 Å². The van der Waals surface area contributed by atoms with Gasteiger partial charge >= 0.3 is 6.09 Å². The standard InChI is InChI=1S/C17H17N5O3/c23-17(24)21-8-6-12(7-9-21)22-15-14(10-20-22)16(19-11-18-15)25-13-4-2-1-3-5-13/h1-5,10-12H,6-9H2,(H,23,24). The normalized spacial score (nSPS) is 15.4. The largest absolute Gasteiger partial charge is 0.465 e. The van der Waals surface area contributed by atoms with E-state index in [1.54, 1.807) is 6.20 Å². The fourth-order valence-electron chi connectivity index (χ4n) is 3.09. The Kier molecular flexibility index (Phi) is 3.93. The van der Waals surface area contributed by atoms with Crippen molar-refractivity contribution in [2.24, 2.45) is 0 Å². The van der Waals surface area contributed by atoms with Crippen LogP contribution in [-0.4, -0.2) is 48.9 Å². The van der Waals surface area contributed by atoms with Crippen molar-refractivity contribution in [3.8, 4) is 11.6 Å². The molecule has 1 aliphatic heterocycles. The first-order chi connectivity index (χ1) is 12.2. The summed E-state index contributed by atoms with van der Waals surface area (Å²) in [5, 5.41) is 14.3. The van der Waals surface area contributed by atoms with Gasteiger partial charge in [0.05, 0.1) is 12.2 Å². The molecule has 0 atom stereocenters. The molecule has 8 nitrogen and oxygen atoms in total. The molecular weight excluding hydrogens is 322 g/mol. The number of nitrogens with zero attached hydrogens (tertiary/aromatic N) is 5. The monoisotopic (exact) mass is 339 g/mol. The minimum Gasteiger partial charge on any atom is -0.465 e. The lowest BCUT2D eigenvalue weighted by Gasteiger charge is -2.30. The second-order valence-electron chi connectivity index (χ2n) is 5.92. The van der Waals surface area contributed by atoms with Crippen LogP contribution < -0.4 is 4.74 Å². The first-order valence-corrected chi connectivity index (χ1v) is 8.11. The molecule has 1 N–H and O–H groups in total. The smallest absolute Gasteiger partial charge is 0.407 e. The van der Waals surface area contributed by atoms with Crippen LogP contribution in [0.5, 0.6) is 11.6 Å². The summed E-state index contributed by atoms with van der Waals surface area (Å²) in [5.74, 6) is 1.16. The molecule has 0 saturated carbocycles. The van der Waals surface area contributed by atoms with Crippen LogP contribution in [0.2, 0.25) is 0 Å². The van der Waals surface area contributed by atoms with Gasteiger partial charge in [0.1, 0.15) is 17.5 Å². The van der Waals surface area contributed by atoms with Crippen LogP contribution in [0, 0.1) is 0 Å². The zero-order valence-corrected chi connectivity index (χ0v) is 13.4. The summed E-state index contributed by atoms with van der Waals surface area (Å²) in [6, 6.07) is 9.55. The first kappa shape index (κ1) is 15.4. The van der Waals surface area contributed by atoms with Crippen molar-refractivity contribution >= 4 is 17.1 Å². The van der Waals surface area contributed by atoms with Gasteiger partial charge in [0.2, 0.25) is 5.88 Å². The lowest BCUT2D eigenvalue weighted by Crippen LogP contribution is -2.38. The van der Waals surface area contributed by atoms with E-state index in [1.807, 2.05) is 35.0 Å².